The Hall–Kier alpha value is -1.42. The van der Waals surface area contributed by atoms with Gasteiger partial charge in [0.15, 0.2) is 0 Å². The molecule has 0 aliphatic carbocycles. The highest BCUT2D eigenvalue weighted by Gasteiger charge is 2.26. The van der Waals surface area contributed by atoms with Crippen molar-refractivity contribution in [1.29, 1.82) is 0 Å². The average Bonchev–Trinajstić information content (AvgIpc) is 2.94. The van der Waals surface area contributed by atoms with Gasteiger partial charge in [-0.05, 0) is 61.4 Å². The topological polar surface area (TPSA) is 21.1 Å². The van der Waals surface area contributed by atoms with E-state index in [9.17, 15) is 0 Å². The predicted octanol–water partition coefficient (Wildman–Crippen LogP) is 7.83. The molecular formula is C22H24Cl3N3. The molecule has 0 saturated heterocycles. The predicted molar refractivity (Wildman–Crippen MR) is 121 cm³/mol. The van der Waals surface area contributed by atoms with Crippen molar-refractivity contribution >= 4 is 57.5 Å². The third-order valence-electron chi connectivity index (χ3n) is 5.74. The molecule has 1 aliphatic rings. The number of aromatic nitrogens is 2. The van der Waals surface area contributed by atoms with Gasteiger partial charge >= 0.3 is 0 Å². The number of rotatable bonds is 4. The van der Waals surface area contributed by atoms with Gasteiger partial charge < -0.3 is 9.47 Å². The standard InChI is InChI=1S/C22H24Cl3N3/c1-3-14(4-2)16-8-9-17(24)20-21(16)28-12-6-5-11-27(22(28)26-20)19-10-7-15(23)13-18(19)25/h7-10,13-14H,3-6,11-12H2,1-2H3. The summed E-state index contributed by atoms with van der Waals surface area (Å²) in [6.45, 7) is 6.28. The highest BCUT2D eigenvalue weighted by atomic mass is 35.5. The van der Waals surface area contributed by atoms with Gasteiger partial charge in [-0.25, -0.2) is 4.98 Å². The Labute approximate surface area is 181 Å². The Morgan fingerprint density at radius 3 is 2.43 bits per heavy atom. The van der Waals surface area contributed by atoms with E-state index in [1.807, 2.05) is 18.2 Å². The Morgan fingerprint density at radius 1 is 0.964 bits per heavy atom. The van der Waals surface area contributed by atoms with Crippen LogP contribution in [0, 0.1) is 0 Å². The molecule has 3 nitrogen and oxygen atoms in total. The molecule has 4 rings (SSSR count). The highest BCUT2D eigenvalue weighted by molar-refractivity contribution is 6.36. The van der Waals surface area contributed by atoms with E-state index in [4.69, 9.17) is 39.8 Å². The molecule has 2 heterocycles. The van der Waals surface area contributed by atoms with Crippen LogP contribution in [0.25, 0.3) is 11.0 Å². The van der Waals surface area contributed by atoms with Gasteiger partial charge in [-0.3, -0.25) is 0 Å². The maximum absolute atomic E-state index is 6.59. The third kappa shape index (κ3) is 3.38. The third-order valence-corrected chi connectivity index (χ3v) is 6.58. The van der Waals surface area contributed by atoms with Crippen LogP contribution in [-0.4, -0.2) is 16.1 Å². The van der Waals surface area contributed by atoms with Gasteiger partial charge in [0.25, 0.3) is 0 Å². The van der Waals surface area contributed by atoms with Gasteiger partial charge in [-0.2, -0.15) is 0 Å². The smallest absolute Gasteiger partial charge is 0.211 e. The molecule has 0 radical (unpaired) electrons. The molecule has 0 unspecified atom stereocenters. The van der Waals surface area contributed by atoms with Crippen LogP contribution in [0.2, 0.25) is 15.1 Å². The zero-order valence-electron chi connectivity index (χ0n) is 16.2. The molecule has 0 amide bonds. The summed E-state index contributed by atoms with van der Waals surface area (Å²) in [6.07, 6.45) is 4.36. The maximum atomic E-state index is 6.59. The molecule has 148 valence electrons. The van der Waals surface area contributed by atoms with Gasteiger partial charge in [-0.1, -0.05) is 54.7 Å². The second kappa shape index (κ2) is 8.14. The number of aryl methyl sites for hydroxylation is 1. The minimum atomic E-state index is 0.497. The minimum Gasteiger partial charge on any atom is -0.310 e. The second-order valence-corrected chi connectivity index (χ2v) is 8.62. The molecular weight excluding hydrogens is 413 g/mol. The summed E-state index contributed by atoms with van der Waals surface area (Å²) < 4.78 is 2.34. The van der Waals surface area contributed by atoms with E-state index in [0.29, 0.717) is 21.0 Å². The molecule has 2 aromatic carbocycles. The van der Waals surface area contributed by atoms with Crippen LogP contribution >= 0.6 is 34.8 Å². The Kier molecular flexibility index (Phi) is 5.78. The van der Waals surface area contributed by atoms with E-state index in [0.717, 1.165) is 55.9 Å². The van der Waals surface area contributed by atoms with Crippen molar-refractivity contribution in [2.45, 2.75) is 52.0 Å². The van der Waals surface area contributed by atoms with Gasteiger partial charge in [0.05, 0.1) is 21.2 Å². The lowest BCUT2D eigenvalue weighted by Crippen LogP contribution is -2.20. The molecule has 6 heteroatoms. The number of fused-ring (bicyclic) bond motifs is 3. The normalized spacial score (nSPS) is 14.6. The quantitative estimate of drug-likeness (QED) is 0.415. The molecule has 0 atom stereocenters. The van der Waals surface area contributed by atoms with Gasteiger partial charge in [-0.15, -0.1) is 0 Å². The first-order valence-corrected chi connectivity index (χ1v) is 11.1. The Bertz CT molecular complexity index is 1010. The summed E-state index contributed by atoms with van der Waals surface area (Å²) in [4.78, 5) is 7.22. The second-order valence-electron chi connectivity index (χ2n) is 7.37. The van der Waals surface area contributed by atoms with Crippen molar-refractivity contribution in [2.24, 2.45) is 0 Å². The molecule has 1 aromatic heterocycles. The maximum Gasteiger partial charge on any atom is 0.211 e. The molecule has 0 fully saturated rings. The molecule has 1 aliphatic heterocycles. The lowest BCUT2D eigenvalue weighted by atomic mass is 9.93. The van der Waals surface area contributed by atoms with Crippen LogP contribution in [-0.2, 0) is 6.54 Å². The molecule has 0 saturated carbocycles. The average molecular weight is 437 g/mol. The van der Waals surface area contributed by atoms with Crippen molar-refractivity contribution in [2.75, 3.05) is 11.4 Å². The SMILES string of the molecule is CCC(CC)c1ccc(Cl)c2nc3n(c12)CCCCN3c1ccc(Cl)cc1Cl. The van der Waals surface area contributed by atoms with Crippen molar-refractivity contribution in [3.8, 4) is 0 Å². The molecule has 28 heavy (non-hydrogen) atoms. The molecule has 3 aromatic rings. The van der Waals surface area contributed by atoms with Crippen molar-refractivity contribution in [3.63, 3.8) is 0 Å². The van der Waals surface area contributed by atoms with Gasteiger partial charge in [0.2, 0.25) is 5.95 Å². The van der Waals surface area contributed by atoms with E-state index in [1.165, 1.54) is 11.1 Å². The first kappa shape index (κ1) is 19.9. The Balaban J connectivity index is 1.96. The van der Waals surface area contributed by atoms with Gasteiger partial charge in [0.1, 0.15) is 5.52 Å². The molecule has 0 bridgehead atoms. The van der Waals surface area contributed by atoms with E-state index >= 15 is 0 Å². The van der Waals surface area contributed by atoms with Crippen molar-refractivity contribution in [1.82, 2.24) is 9.55 Å². The van der Waals surface area contributed by atoms with Crippen LogP contribution in [0.4, 0.5) is 11.6 Å². The molecule has 0 N–H and O–H groups in total. The summed E-state index contributed by atoms with van der Waals surface area (Å²) in [5.74, 6) is 1.41. The highest BCUT2D eigenvalue weighted by Crippen LogP contribution is 2.41. The first-order chi connectivity index (χ1) is 13.5. The van der Waals surface area contributed by atoms with E-state index in [-0.39, 0.29) is 0 Å². The monoisotopic (exact) mass is 435 g/mol. The van der Waals surface area contributed by atoms with Crippen LogP contribution in [0.1, 0.15) is 51.0 Å². The van der Waals surface area contributed by atoms with Crippen LogP contribution in [0.3, 0.4) is 0 Å². The summed E-state index contributed by atoms with van der Waals surface area (Å²) in [5.41, 5.74) is 4.34. The molecule has 0 spiro atoms. The fourth-order valence-electron chi connectivity index (χ4n) is 4.27. The number of benzene rings is 2. The largest absolute Gasteiger partial charge is 0.310 e. The minimum absolute atomic E-state index is 0.497. The van der Waals surface area contributed by atoms with Crippen LogP contribution in [0.5, 0.6) is 0 Å². The lowest BCUT2D eigenvalue weighted by molar-refractivity contribution is 0.632. The van der Waals surface area contributed by atoms with Gasteiger partial charge in [0, 0.05) is 18.1 Å². The number of halogens is 3. The number of hydrogen-bond donors (Lipinski definition) is 0. The zero-order valence-corrected chi connectivity index (χ0v) is 18.5. The summed E-state index contributed by atoms with van der Waals surface area (Å²) in [5, 5.41) is 1.97. The zero-order chi connectivity index (χ0) is 19.8. The van der Waals surface area contributed by atoms with Crippen molar-refractivity contribution in [3.05, 3.63) is 51.0 Å². The summed E-state index contributed by atoms with van der Waals surface area (Å²) in [7, 11) is 0. The van der Waals surface area contributed by atoms with Crippen LogP contribution < -0.4 is 4.90 Å². The Morgan fingerprint density at radius 2 is 1.71 bits per heavy atom. The summed E-state index contributed by atoms with van der Waals surface area (Å²) in [6, 6.07) is 9.82. The van der Waals surface area contributed by atoms with E-state index < -0.39 is 0 Å². The van der Waals surface area contributed by atoms with Crippen LogP contribution in [0.15, 0.2) is 30.3 Å². The number of nitrogens with zero attached hydrogens (tertiary/aromatic N) is 3. The van der Waals surface area contributed by atoms with E-state index in [2.05, 4.69) is 29.4 Å². The number of anilines is 2. The number of hydrogen-bond acceptors (Lipinski definition) is 2. The fourth-order valence-corrected chi connectivity index (χ4v) is 4.97. The fraction of sp³-hybridized carbons (Fsp3) is 0.409. The number of imidazole rings is 1. The lowest BCUT2D eigenvalue weighted by Gasteiger charge is -2.23. The van der Waals surface area contributed by atoms with E-state index in [1.54, 1.807) is 6.07 Å². The summed E-state index contributed by atoms with van der Waals surface area (Å²) >= 11 is 19.3. The van der Waals surface area contributed by atoms with Crippen molar-refractivity contribution < 1.29 is 0 Å². The first-order valence-electron chi connectivity index (χ1n) is 9.96.